The van der Waals surface area contributed by atoms with Gasteiger partial charge in [-0.3, -0.25) is 0 Å². The van der Waals surface area contributed by atoms with Crippen LogP contribution in [0.15, 0.2) is 42.6 Å². The fourth-order valence-corrected chi connectivity index (χ4v) is 2.15. The number of hydrogen-bond acceptors (Lipinski definition) is 10. The quantitative estimate of drug-likeness (QED) is 0.549. The van der Waals surface area contributed by atoms with E-state index in [0.29, 0.717) is 16.7 Å². The summed E-state index contributed by atoms with van der Waals surface area (Å²) in [4.78, 5) is 16.3. The average molecular weight is 327 g/mol. The zero-order chi connectivity index (χ0) is 16.7. The molecule has 0 unspecified atom stereocenters. The van der Waals surface area contributed by atoms with Crippen LogP contribution in [0.1, 0.15) is 0 Å². The molecule has 10 nitrogen and oxygen atoms in total. The summed E-state index contributed by atoms with van der Waals surface area (Å²) in [5.74, 6) is 0.615. The van der Waals surface area contributed by atoms with Crippen LogP contribution in [-0.2, 0) is 0 Å². The van der Waals surface area contributed by atoms with Crippen molar-refractivity contribution in [3.05, 3.63) is 34.7 Å². The molecule has 0 spiro atoms. The zero-order valence-corrected chi connectivity index (χ0v) is 12.2. The minimum Gasteiger partial charge on any atom is -0.497 e. The highest BCUT2D eigenvalue weighted by Crippen LogP contribution is 2.25. The third-order valence-corrected chi connectivity index (χ3v) is 3.33. The van der Waals surface area contributed by atoms with Crippen molar-refractivity contribution in [1.29, 1.82) is 0 Å². The van der Waals surface area contributed by atoms with Gasteiger partial charge in [-0.25, -0.2) is 9.42 Å². The lowest BCUT2D eigenvalue weighted by Gasteiger charge is -2.02. The molecule has 0 amide bonds. The van der Waals surface area contributed by atoms with Gasteiger partial charge in [0.2, 0.25) is 5.82 Å². The number of fused-ring (bicyclic) bond motifs is 1. The highest BCUT2D eigenvalue weighted by Gasteiger charge is 2.20. The first-order valence-electron chi connectivity index (χ1n) is 6.70. The standard InChI is InChI=1S/C14H9N5O5/c1-21-7-3-2-6-4-8(14(20)22-9(6)5-7)13-16-12(19-23-13)10-11(15)18-24-17-10/h2-5H,1H3,(H2,15,18). The molecule has 0 atom stereocenters. The van der Waals surface area contributed by atoms with Gasteiger partial charge in [0.1, 0.15) is 16.9 Å². The Bertz CT molecular complexity index is 1100. The SMILES string of the molecule is COc1ccc2cc(-c3nc(-c4nonc4N)no3)c(=O)oc2c1. The predicted molar refractivity (Wildman–Crippen MR) is 80.0 cm³/mol. The summed E-state index contributed by atoms with van der Waals surface area (Å²) in [6, 6.07) is 6.69. The summed E-state index contributed by atoms with van der Waals surface area (Å²) in [6.45, 7) is 0. The number of anilines is 1. The van der Waals surface area contributed by atoms with Crippen molar-refractivity contribution in [3.63, 3.8) is 0 Å². The minimum absolute atomic E-state index is 0.0139. The maximum atomic E-state index is 12.2. The van der Waals surface area contributed by atoms with E-state index in [1.807, 2.05) is 0 Å². The number of hydrogen-bond donors (Lipinski definition) is 1. The normalized spacial score (nSPS) is 11.0. The lowest BCUT2D eigenvalue weighted by Crippen LogP contribution is -2.03. The predicted octanol–water partition coefficient (Wildman–Crippen LogP) is 1.48. The van der Waals surface area contributed by atoms with E-state index in [0.717, 1.165) is 0 Å². The van der Waals surface area contributed by atoms with Crippen LogP contribution in [0.4, 0.5) is 5.82 Å². The van der Waals surface area contributed by atoms with E-state index in [1.165, 1.54) is 7.11 Å². The van der Waals surface area contributed by atoms with Gasteiger partial charge in [-0.1, -0.05) is 5.16 Å². The van der Waals surface area contributed by atoms with E-state index in [2.05, 4.69) is 25.1 Å². The molecule has 0 aliphatic carbocycles. The van der Waals surface area contributed by atoms with Crippen molar-refractivity contribution >= 4 is 16.8 Å². The van der Waals surface area contributed by atoms with Crippen molar-refractivity contribution in [2.75, 3.05) is 12.8 Å². The Morgan fingerprint density at radius 2 is 2.04 bits per heavy atom. The summed E-state index contributed by atoms with van der Waals surface area (Å²) in [5.41, 5.74) is 5.56. The van der Waals surface area contributed by atoms with Crippen LogP contribution in [-0.4, -0.2) is 27.6 Å². The molecule has 1 aromatic carbocycles. The molecule has 3 aromatic heterocycles. The van der Waals surface area contributed by atoms with E-state index in [9.17, 15) is 4.79 Å². The molecule has 0 fully saturated rings. The van der Waals surface area contributed by atoms with Gasteiger partial charge in [-0.2, -0.15) is 4.98 Å². The van der Waals surface area contributed by atoms with Gasteiger partial charge < -0.3 is 19.4 Å². The highest BCUT2D eigenvalue weighted by atomic mass is 16.6. The molecule has 0 radical (unpaired) electrons. The van der Waals surface area contributed by atoms with Gasteiger partial charge in [0, 0.05) is 11.5 Å². The number of nitrogens with zero attached hydrogens (tertiary/aromatic N) is 4. The number of rotatable bonds is 3. The van der Waals surface area contributed by atoms with Crippen LogP contribution in [0, 0.1) is 0 Å². The second-order valence-electron chi connectivity index (χ2n) is 4.77. The topological polar surface area (TPSA) is 143 Å². The summed E-state index contributed by atoms with van der Waals surface area (Å²) < 4.78 is 19.9. The van der Waals surface area contributed by atoms with Gasteiger partial charge in [-0.05, 0) is 28.5 Å². The van der Waals surface area contributed by atoms with Crippen LogP contribution in [0.5, 0.6) is 5.75 Å². The Hall–Kier alpha value is -3.69. The number of methoxy groups -OCH3 is 1. The second kappa shape index (κ2) is 5.19. The molecule has 10 heteroatoms. The van der Waals surface area contributed by atoms with Gasteiger partial charge in [0.25, 0.3) is 5.89 Å². The Morgan fingerprint density at radius 3 is 2.79 bits per heavy atom. The third kappa shape index (κ3) is 2.17. The lowest BCUT2D eigenvalue weighted by atomic mass is 10.2. The maximum absolute atomic E-state index is 12.2. The Labute approximate surface area is 132 Å². The number of nitrogens with two attached hydrogens (primary N) is 1. The molecular weight excluding hydrogens is 318 g/mol. The summed E-state index contributed by atoms with van der Waals surface area (Å²) in [6.07, 6.45) is 0. The number of nitrogen functional groups attached to an aromatic ring is 1. The molecule has 4 aromatic rings. The Kier molecular flexibility index (Phi) is 3.02. The van der Waals surface area contributed by atoms with E-state index in [1.54, 1.807) is 24.3 Å². The first kappa shape index (κ1) is 13.9. The molecule has 0 saturated heterocycles. The molecule has 0 aliphatic heterocycles. The molecule has 120 valence electrons. The van der Waals surface area contributed by atoms with Crippen molar-refractivity contribution in [1.82, 2.24) is 20.5 Å². The number of ether oxygens (including phenoxy) is 1. The number of aromatic nitrogens is 4. The minimum atomic E-state index is -0.628. The van der Waals surface area contributed by atoms with Crippen molar-refractivity contribution in [2.24, 2.45) is 0 Å². The average Bonchev–Trinajstić information content (AvgIpc) is 3.22. The molecule has 2 N–H and O–H groups in total. The van der Waals surface area contributed by atoms with Crippen LogP contribution in [0.25, 0.3) is 33.9 Å². The van der Waals surface area contributed by atoms with Gasteiger partial charge >= 0.3 is 5.63 Å². The largest absolute Gasteiger partial charge is 0.497 e. The lowest BCUT2D eigenvalue weighted by molar-refractivity contribution is 0.310. The summed E-state index contributed by atoms with van der Waals surface area (Å²) >= 11 is 0. The van der Waals surface area contributed by atoms with Gasteiger partial charge in [0.05, 0.1) is 7.11 Å². The van der Waals surface area contributed by atoms with Gasteiger partial charge in [0.15, 0.2) is 11.5 Å². The van der Waals surface area contributed by atoms with Crippen LogP contribution in [0.3, 0.4) is 0 Å². The van der Waals surface area contributed by atoms with Gasteiger partial charge in [-0.15, -0.1) is 0 Å². The first-order valence-corrected chi connectivity index (χ1v) is 6.70. The Morgan fingerprint density at radius 1 is 1.17 bits per heavy atom. The molecule has 0 aliphatic rings. The van der Waals surface area contributed by atoms with E-state index >= 15 is 0 Å². The first-order chi connectivity index (χ1) is 11.7. The molecule has 0 saturated carbocycles. The smallest absolute Gasteiger partial charge is 0.349 e. The summed E-state index contributed by atoms with van der Waals surface area (Å²) in [7, 11) is 1.53. The van der Waals surface area contributed by atoms with E-state index in [4.69, 9.17) is 19.4 Å². The molecule has 4 rings (SSSR count). The summed E-state index contributed by atoms with van der Waals surface area (Å²) in [5, 5.41) is 11.4. The molecule has 3 heterocycles. The molecule has 0 bridgehead atoms. The number of benzene rings is 1. The fourth-order valence-electron chi connectivity index (χ4n) is 2.15. The monoisotopic (exact) mass is 327 g/mol. The van der Waals surface area contributed by atoms with Crippen LogP contribution in [0.2, 0.25) is 0 Å². The third-order valence-electron chi connectivity index (χ3n) is 3.33. The Balaban J connectivity index is 1.82. The second-order valence-corrected chi connectivity index (χ2v) is 4.77. The highest BCUT2D eigenvalue weighted by molar-refractivity contribution is 5.81. The van der Waals surface area contributed by atoms with Crippen molar-refractivity contribution < 1.29 is 18.3 Å². The molecule has 24 heavy (non-hydrogen) atoms. The van der Waals surface area contributed by atoms with Crippen molar-refractivity contribution in [2.45, 2.75) is 0 Å². The van der Waals surface area contributed by atoms with Crippen LogP contribution < -0.4 is 16.1 Å². The zero-order valence-electron chi connectivity index (χ0n) is 12.2. The van der Waals surface area contributed by atoms with Crippen LogP contribution >= 0.6 is 0 Å². The molecular formula is C14H9N5O5. The van der Waals surface area contributed by atoms with E-state index < -0.39 is 5.63 Å². The van der Waals surface area contributed by atoms with Crippen molar-refractivity contribution in [3.8, 4) is 28.7 Å². The maximum Gasteiger partial charge on any atom is 0.349 e. The van der Waals surface area contributed by atoms with E-state index in [-0.39, 0.29) is 28.8 Å². The fraction of sp³-hybridized carbons (Fsp3) is 0.0714.